The van der Waals surface area contributed by atoms with Gasteiger partial charge in [-0.2, -0.15) is 0 Å². The van der Waals surface area contributed by atoms with Crippen molar-refractivity contribution in [3.63, 3.8) is 0 Å². The summed E-state index contributed by atoms with van der Waals surface area (Å²) in [5, 5.41) is 0. The second-order valence-electron chi connectivity index (χ2n) is 4.80. The molecule has 0 amide bonds. The average Bonchev–Trinajstić information content (AvgIpc) is 2.67. The first-order valence-corrected chi connectivity index (χ1v) is 6.11. The summed E-state index contributed by atoms with van der Waals surface area (Å²) in [5.74, 6) is 0. The third-order valence-electron chi connectivity index (χ3n) is 3.48. The molecule has 3 rings (SSSR count). The standard InChI is InChI=1S/C15H15N3O/c1-9-3-5-11(16)8-12(9)10-4-6-14-13(7-10)17-15(19)18(14)2/h3-8H,16H2,1-2H3,(H,17,19). The number of fused-ring (bicyclic) bond motifs is 1. The van der Waals surface area contributed by atoms with Gasteiger partial charge in [-0.1, -0.05) is 12.1 Å². The number of benzene rings is 2. The topological polar surface area (TPSA) is 63.8 Å². The minimum atomic E-state index is -0.101. The Bertz CT molecular complexity index is 827. The summed E-state index contributed by atoms with van der Waals surface area (Å²) >= 11 is 0. The number of hydrogen-bond acceptors (Lipinski definition) is 2. The molecule has 0 spiro atoms. The quantitative estimate of drug-likeness (QED) is 0.654. The molecule has 1 heterocycles. The molecule has 4 heteroatoms. The van der Waals surface area contributed by atoms with Crippen LogP contribution < -0.4 is 11.4 Å². The first kappa shape index (κ1) is 11.6. The van der Waals surface area contributed by atoms with Gasteiger partial charge in [0.05, 0.1) is 11.0 Å². The number of H-pyrrole nitrogens is 1. The van der Waals surface area contributed by atoms with Gasteiger partial charge >= 0.3 is 5.69 Å². The minimum absolute atomic E-state index is 0.101. The van der Waals surface area contributed by atoms with Gasteiger partial charge in [0.15, 0.2) is 0 Å². The lowest BCUT2D eigenvalue weighted by atomic mass is 9.99. The zero-order chi connectivity index (χ0) is 13.6. The Balaban J connectivity index is 2.26. The van der Waals surface area contributed by atoms with E-state index in [1.807, 2.05) is 43.3 Å². The van der Waals surface area contributed by atoms with Crippen LogP contribution in [0.4, 0.5) is 5.69 Å². The van der Waals surface area contributed by atoms with Crippen LogP contribution >= 0.6 is 0 Å². The number of nitrogens with zero attached hydrogens (tertiary/aromatic N) is 1. The summed E-state index contributed by atoms with van der Waals surface area (Å²) in [6, 6.07) is 11.8. The van der Waals surface area contributed by atoms with E-state index in [1.54, 1.807) is 11.6 Å². The van der Waals surface area contributed by atoms with Crippen molar-refractivity contribution in [2.45, 2.75) is 6.92 Å². The highest BCUT2D eigenvalue weighted by Gasteiger charge is 2.07. The highest BCUT2D eigenvalue weighted by Crippen LogP contribution is 2.27. The molecule has 0 bridgehead atoms. The predicted octanol–water partition coefficient (Wildman–Crippen LogP) is 2.42. The smallest absolute Gasteiger partial charge is 0.326 e. The summed E-state index contributed by atoms with van der Waals surface area (Å²) in [6.07, 6.45) is 0. The first-order chi connectivity index (χ1) is 9.06. The van der Waals surface area contributed by atoms with Crippen molar-refractivity contribution in [3.8, 4) is 11.1 Å². The lowest BCUT2D eigenvalue weighted by molar-refractivity contribution is 0.891. The predicted molar refractivity (Wildman–Crippen MR) is 78.1 cm³/mol. The second-order valence-corrected chi connectivity index (χ2v) is 4.80. The molecule has 3 aromatic rings. The van der Waals surface area contributed by atoms with E-state index in [1.165, 1.54) is 0 Å². The number of rotatable bonds is 1. The minimum Gasteiger partial charge on any atom is -0.399 e. The SMILES string of the molecule is Cc1ccc(N)cc1-c1ccc2c(c1)[nH]c(=O)n2C. The number of hydrogen-bond donors (Lipinski definition) is 2. The normalized spacial score (nSPS) is 11.1. The monoisotopic (exact) mass is 253 g/mol. The van der Waals surface area contributed by atoms with Crippen LogP contribution in [0.2, 0.25) is 0 Å². The van der Waals surface area contributed by atoms with E-state index >= 15 is 0 Å². The van der Waals surface area contributed by atoms with Crippen LogP contribution in [0.5, 0.6) is 0 Å². The molecule has 0 aliphatic rings. The van der Waals surface area contributed by atoms with Crippen molar-refractivity contribution >= 4 is 16.7 Å². The average molecular weight is 253 g/mol. The van der Waals surface area contributed by atoms with Gasteiger partial charge in [0.25, 0.3) is 0 Å². The van der Waals surface area contributed by atoms with Crippen LogP contribution in [0.1, 0.15) is 5.56 Å². The van der Waals surface area contributed by atoms with Gasteiger partial charge in [-0.25, -0.2) is 4.79 Å². The van der Waals surface area contributed by atoms with Gasteiger partial charge in [-0.15, -0.1) is 0 Å². The molecule has 0 aliphatic heterocycles. The highest BCUT2D eigenvalue weighted by atomic mass is 16.1. The molecular formula is C15H15N3O. The van der Waals surface area contributed by atoms with Gasteiger partial charge in [-0.3, -0.25) is 4.57 Å². The summed E-state index contributed by atoms with van der Waals surface area (Å²) < 4.78 is 1.60. The van der Waals surface area contributed by atoms with E-state index in [2.05, 4.69) is 4.98 Å². The van der Waals surface area contributed by atoms with E-state index in [0.717, 1.165) is 33.4 Å². The van der Waals surface area contributed by atoms with Crippen LogP contribution in [0.15, 0.2) is 41.2 Å². The Morgan fingerprint density at radius 1 is 1.16 bits per heavy atom. The number of anilines is 1. The first-order valence-electron chi connectivity index (χ1n) is 6.11. The van der Waals surface area contributed by atoms with Crippen molar-refractivity contribution in [2.24, 2.45) is 7.05 Å². The molecule has 96 valence electrons. The van der Waals surface area contributed by atoms with Gasteiger partial charge in [0.1, 0.15) is 0 Å². The Morgan fingerprint density at radius 3 is 2.74 bits per heavy atom. The number of aromatic nitrogens is 2. The summed E-state index contributed by atoms with van der Waals surface area (Å²) in [4.78, 5) is 14.4. The zero-order valence-electron chi connectivity index (χ0n) is 10.9. The Labute approximate surface area is 110 Å². The number of nitrogens with two attached hydrogens (primary N) is 1. The number of nitrogens with one attached hydrogen (secondary N) is 1. The van der Waals surface area contributed by atoms with Crippen LogP contribution in [0.25, 0.3) is 22.2 Å². The third kappa shape index (κ3) is 1.81. The maximum absolute atomic E-state index is 11.6. The largest absolute Gasteiger partial charge is 0.399 e. The van der Waals surface area contributed by atoms with Crippen LogP contribution in [-0.4, -0.2) is 9.55 Å². The van der Waals surface area contributed by atoms with E-state index < -0.39 is 0 Å². The zero-order valence-corrected chi connectivity index (χ0v) is 10.9. The van der Waals surface area contributed by atoms with Crippen LogP contribution in [-0.2, 0) is 7.05 Å². The number of imidazole rings is 1. The fourth-order valence-electron chi connectivity index (χ4n) is 2.36. The molecule has 4 nitrogen and oxygen atoms in total. The molecule has 0 fully saturated rings. The van der Waals surface area contributed by atoms with E-state index in [9.17, 15) is 4.79 Å². The van der Waals surface area contributed by atoms with E-state index in [0.29, 0.717) is 0 Å². The fourth-order valence-corrected chi connectivity index (χ4v) is 2.36. The van der Waals surface area contributed by atoms with Crippen LogP contribution in [0.3, 0.4) is 0 Å². The number of aryl methyl sites for hydroxylation is 2. The van der Waals surface area contributed by atoms with Crippen molar-refractivity contribution in [1.82, 2.24) is 9.55 Å². The van der Waals surface area contributed by atoms with Gasteiger partial charge < -0.3 is 10.7 Å². The lowest BCUT2D eigenvalue weighted by Gasteiger charge is -2.07. The molecule has 3 N–H and O–H groups in total. The number of nitrogen functional groups attached to an aromatic ring is 1. The highest BCUT2D eigenvalue weighted by molar-refractivity contribution is 5.83. The van der Waals surface area contributed by atoms with Crippen molar-refractivity contribution in [3.05, 3.63) is 52.4 Å². The molecule has 19 heavy (non-hydrogen) atoms. The molecule has 0 aliphatic carbocycles. The van der Waals surface area contributed by atoms with E-state index in [-0.39, 0.29) is 5.69 Å². The van der Waals surface area contributed by atoms with Crippen molar-refractivity contribution < 1.29 is 0 Å². The Hall–Kier alpha value is -2.49. The number of aromatic amines is 1. The molecule has 0 radical (unpaired) electrons. The Kier molecular flexibility index (Phi) is 2.45. The third-order valence-corrected chi connectivity index (χ3v) is 3.48. The van der Waals surface area contributed by atoms with Gasteiger partial charge in [0, 0.05) is 12.7 Å². The summed E-state index contributed by atoms with van der Waals surface area (Å²) in [6.45, 7) is 2.05. The van der Waals surface area contributed by atoms with Gasteiger partial charge in [-0.05, 0) is 47.9 Å². The van der Waals surface area contributed by atoms with Gasteiger partial charge in [0.2, 0.25) is 0 Å². The molecule has 0 saturated heterocycles. The lowest BCUT2D eigenvalue weighted by Crippen LogP contribution is -2.11. The summed E-state index contributed by atoms with van der Waals surface area (Å²) in [7, 11) is 1.76. The van der Waals surface area contributed by atoms with Crippen molar-refractivity contribution in [2.75, 3.05) is 5.73 Å². The maximum atomic E-state index is 11.6. The Morgan fingerprint density at radius 2 is 1.95 bits per heavy atom. The molecular weight excluding hydrogens is 238 g/mol. The molecule has 0 saturated carbocycles. The van der Waals surface area contributed by atoms with Crippen molar-refractivity contribution in [1.29, 1.82) is 0 Å². The molecule has 1 aromatic heterocycles. The van der Waals surface area contributed by atoms with Crippen LogP contribution in [0, 0.1) is 6.92 Å². The molecule has 0 atom stereocenters. The second kappa shape index (κ2) is 4.02. The molecule has 2 aromatic carbocycles. The van der Waals surface area contributed by atoms with E-state index in [4.69, 9.17) is 5.73 Å². The molecule has 0 unspecified atom stereocenters. The summed E-state index contributed by atoms with van der Waals surface area (Å²) in [5.41, 5.74) is 11.5. The fraction of sp³-hybridized carbons (Fsp3) is 0.133. The maximum Gasteiger partial charge on any atom is 0.326 e.